The predicted molar refractivity (Wildman–Crippen MR) is 72.5 cm³/mol. The van der Waals surface area contributed by atoms with Gasteiger partial charge in [-0.15, -0.1) is 0 Å². The van der Waals surface area contributed by atoms with Crippen LogP contribution in [0.1, 0.15) is 36.8 Å². The highest BCUT2D eigenvalue weighted by atomic mass is 16.7. The Balaban J connectivity index is 1.89. The lowest BCUT2D eigenvalue weighted by atomic mass is 10.1. The Hall–Kier alpha value is -2.89. The molecular weight excluding hydrogens is 272 g/mol. The third-order valence-electron chi connectivity index (χ3n) is 3.40. The fourth-order valence-electron chi connectivity index (χ4n) is 2.34. The van der Waals surface area contributed by atoms with E-state index in [1.54, 1.807) is 42.9 Å². The summed E-state index contributed by atoms with van der Waals surface area (Å²) in [5.41, 5.74) is 1.48. The molecule has 2 amide bonds. The minimum Gasteiger partial charge on any atom is -0.345 e. The Morgan fingerprint density at radius 3 is 2.10 bits per heavy atom. The summed E-state index contributed by atoms with van der Waals surface area (Å²) in [4.78, 5) is 41.4. The monoisotopic (exact) mass is 284 g/mol. The van der Waals surface area contributed by atoms with Crippen LogP contribution >= 0.6 is 0 Å². The van der Waals surface area contributed by atoms with Gasteiger partial charge in [0.1, 0.15) is 5.69 Å². The number of hydroxylamine groups is 2. The van der Waals surface area contributed by atoms with E-state index < -0.39 is 17.8 Å². The second kappa shape index (κ2) is 4.59. The maximum absolute atomic E-state index is 12.2. The summed E-state index contributed by atoms with van der Waals surface area (Å²) in [5, 5.41) is 0.513. The first-order valence-electron chi connectivity index (χ1n) is 6.32. The lowest BCUT2D eigenvalue weighted by Crippen LogP contribution is -2.33. The summed E-state index contributed by atoms with van der Waals surface area (Å²) in [7, 11) is 1.69. The number of nitrogens with zero attached hydrogens (tertiary/aromatic N) is 2. The van der Waals surface area contributed by atoms with E-state index in [1.165, 1.54) is 12.1 Å². The topological polar surface area (TPSA) is 68.6 Å². The van der Waals surface area contributed by atoms with Gasteiger partial charge in [-0.1, -0.05) is 17.2 Å². The summed E-state index contributed by atoms with van der Waals surface area (Å²) >= 11 is 0. The van der Waals surface area contributed by atoms with Crippen molar-refractivity contribution in [2.75, 3.05) is 0 Å². The number of aromatic nitrogens is 1. The highest BCUT2D eigenvalue weighted by molar-refractivity contribution is 6.21. The van der Waals surface area contributed by atoms with Crippen molar-refractivity contribution in [2.45, 2.75) is 6.92 Å². The van der Waals surface area contributed by atoms with Gasteiger partial charge in [0.15, 0.2) is 0 Å². The van der Waals surface area contributed by atoms with Gasteiger partial charge < -0.3 is 9.40 Å². The van der Waals surface area contributed by atoms with Crippen molar-refractivity contribution in [3.05, 3.63) is 58.9 Å². The molecule has 0 spiro atoms. The molecule has 0 radical (unpaired) electrons. The second-order valence-electron chi connectivity index (χ2n) is 4.79. The molecule has 21 heavy (non-hydrogen) atoms. The SMILES string of the molecule is Cc1ccn(C)c1C(=O)ON1C(=O)c2ccccc2C1=O. The van der Waals surface area contributed by atoms with Crippen LogP contribution in [0, 0.1) is 6.92 Å². The summed E-state index contributed by atoms with van der Waals surface area (Å²) in [5.74, 6) is -2.00. The first-order chi connectivity index (χ1) is 10.0. The van der Waals surface area contributed by atoms with Crippen molar-refractivity contribution in [3.63, 3.8) is 0 Å². The van der Waals surface area contributed by atoms with Crippen LogP contribution < -0.4 is 0 Å². The van der Waals surface area contributed by atoms with Gasteiger partial charge in [0.05, 0.1) is 11.1 Å². The molecule has 1 aliphatic heterocycles. The average Bonchev–Trinajstić information content (AvgIpc) is 2.92. The number of rotatable bonds is 2. The van der Waals surface area contributed by atoms with Crippen LogP contribution in [0.15, 0.2) is 36.5 Å². The maximum atomic E-state index is 12.2. The Morgan fingerprint density at radius 2 is 1.62 bits per heavy atom. The fraction of sp³-hybridized carbons (Fsp3) is 0.133. The molecule has 1 aromatic carbocycles. The smallest absolute Gasteiger partial charge is 0.345 e. The molecule has 0 fully saturated rings. The molecule has 0 unspecified atom stereocenters. The maximum Gasteiger partial charge on any atom is 0.380 e. The minimum atomic E-state index is -0.741. The number of amides is 2. The second-order valence-corrected chi connectivity index (χ2v) is 4.79. The van der Waals surface area contributed by atoms with Gasteiger partial charge in [-0.2, -0.15) is 0 Å². The van der Waals surface area contributed by atoms with E-state index in [0.717, 1.165) is 0 Å². The number of hydrogen-bond donors (Lipinski definition) is 0. The zero-order chi connectivity index (χ0) is 15.1. The van der Waals surface area contributed by atoms with Gasteiger partial charge in [0.2, 0.25) is 0 Å². The predicted octanol–water partition coefficient (Wildman–Crippen LogP) is 1.70. The fourth-order valence-corrected chi connectivity index (χ4v) is 2.34. The molecule has 3 rings (SSSR count). The van der Waals surface area contributed by atoms with Crippen molar-refractivity contribution >= 4 is 17.8 Å². The lowest BCUT2D eigenvalue weighted by Gasteiger charge is -2.13. The van der Waals surface area contributed by atoms with E-state index in [-0.39, 0.29) is 11.1 Å². The molecule has 1 aromatic heterocycles. The zero-order valence-corrected chi connectivity index (χ0v) is 11.5. The zero-order valence-electron chi connectivity index (χ0n) is 11.5. The summed E-state index contributed by atoms with van der Waals surface area (Å²) < 4.78 is 1.58. The number of fused-ring (bicyclic) bond motifs is 1. The normalized spacial score (nSPS) is 13.5. The number of hydrogen-bond acceptors (Lipinski definition) is 4. The molecule has 0 saturated carbocycles. The minimum absolute atomic E-state index is 0.235. The third kappa shape index (κ3) is 1.92. The highest BCUT2D eigenvalue weighted by Crippen LogP contribution is 2.23. The van der Waals surface area contributed by atoms with Gasteiger partial charge in [-0.25, -0.2) is 4.79 Å². The first-order valence-corrected chi connectivity index (χ1v) is 6.32. The highest BCUT2D eigenvalue weighted by Gasteiger charge is 2.39. The van der Waals surface area contributed by atoms with Crippen LogP contribution in [0.2, 0.25) is 0 Å². The van der Waals surface area contributed by atoms with Gasteiger partial charge >= 0.3 is 5.97 Å². The molecule has 1 aliphatic rings. The molecule has 2 heterocycles. The van der Waals surface area contributed by atoms with Gasteiger partial charge in [-0.05, 0) is 30.7 Å². The number of imide groups is 1. The molecule has 106 valence electrons. The van der Waals surface area contributed by atoms with E-state index in [4.69, 9.17) is 4.84 Å². The molecule has 0 saturated heterocycles. The lowest BCUT2D eigenvalue weighted by molar-refractivity contribution is -0.0591. The van der Waals surface area contributed by atoms with Crippen LogP contribution in [0.3, 0.4) is 0 Å². The van der Waals surface area contributed by atoms with Crippen molar-refractivity contribution in [3.8, 4) is 0 Å². The number of carbonyl (C=O) groups excluding carboxylic acids is 3. The summed E-state index contributed by atoms with van der Waals surface area (Å²) in [6.45, 7) is 1.75. The molecule has 0 N–H and O–H groups in total. The Labute approximate surface area is 120 Å². The van der Waals surface area contributed by atoms with E-state index in [1.807, 2.05) is 0 Å². The average molecular weight is 284 g/mol. The number of benzene rings is 1. The van der Waals surface area contributed by atoms with E-state index in [9.17, 15) is 14.4 Å². The van der Waals surface area contributed by atoms with E-state index >= 15 is 0 Å². The summed E-state index contributed by atoms with van der Waals surface area (Å²) in [6, 6.07) is 8.10. The van der Waals surface area contributed by atoms with Crippen LogP contribution in [-0.2, 0) is 11.9 Å². The van der Waals surface area contributed by atoms with Crippen molar-refractivity contribution in [2.24, 2.45) is 7.05 Å². The molecule has 6 nitrogen and oxygen atoms in total. The van der Waals surface area contributed by atoms with Crippen molar-refractivity contribution in [1.82, 2.24) is 9.63 Å². The Kier molecular flexibility index (Phi) is 2.86. The van der Waals surface area contributed by atoms with Crippen LogP contribution in [0.5, 0.6) is 0 Å². The Morgan fingerprint density at radius 1 is 1.05 bits per heavy atom. The van der Waals surface area contributed by atoms with Crippen LogP contribution in [-0.4, -0.2) is 27.4 Å². The number of aryl methyl sites for hydroxylation is 2. The molecular formula is C15H12N2O4. The largest absolute Gasteiger partial charge is 0.380 e. The van der Waals surface area contributed by atoms with Crippen LogP contribution in [0.4, 0.5) is 0 Å². The number of carbonyl (C=O) groups is 3. The van der Waals surface area contributed by atoms with Crippen molar-refractivity contribution < 1.29 is 19.2 Å². The van der Waals surface area contributed by atoms with Gasteiger partial charge in [-0.3, -0.25) is 9.59 Å². The first kappa shape index (κ1) is 13.1. The van der Waals surface area contributed by atoms with E-state index in [0.29, 0.717) is 16.3 Å². The molecule has 0 atom stereocenters. The Bertz CT molecular complexity index is 721. The molecule has 0 bridgehead atoms. The van der Waals surface area contributed by atoms with Gasteiger partial charge in [0.25, 0.3) is 11.8 Å². The quantitative estimate of drug-likeness (QED) is 0.787. The third-order valence-corrected chi connectivity index (χ3v) is 3.40. The molecule has 2 aromatic rings. The molecule has 6 heteroatoms. The molecule has 0 aliphatic carbocycles. The van der Waals surface area contributed by atoms with Gasteiger partial charge in [0, 0.05) is 13.2 Å². The van der Waals surface area contributed by atoms with E-state index in [2.05, 4.69) is 0 Å². The summed E-state index contributed by atoms with van der Waals surface area (Å²) in [6.07, 6.45) is 1.70. The van der Waals surface area contributed by atoms with Crippen LogP contribution in [0.25, 0.3) is 0 Å². The van der Waals surface area contributed by atoms with Crippen molar-refractivity contribution in [1.29, 1.82) is 0 Å². The standard InChI is InChI=1S/C15H12N2O4/c1-9-7-8-16(2)12(9)15(20)21-17-13(18)10-5-3-4-6-11(10)14(17)19/h3-8H,1-2H3.